The highest BCUT2D eigenvalue weighted by atomic mass is 19.4. The molecule has 1 unspecified atom stereocenters. The SMILES string of the molecule is O=c1ccc(C(F)(F)F)nn1CC(O)c1ccc(F)cc1F. The van der Waals surface area contributed by atoms with Crippen LogP contribution in [0, 0.1) is 11.6 Å². The summed E-state index contributed by atoms with van der Waals surface area (Å²) < 4.78 is 64.2. The van der Waals surface area contributed by atoms with Crippen molar-refractivity contribution < 1.29 is 27.1 Å². The zero-order valence-electron chi connectivity index (χ0n) is 10.8. The average Bonchev–Trinajstić information content (AvgIpc) is 2.39. The normalized spacial score (nSPS) is 13.2. The number of aliphatic hydroxyl groups excluding tert-OH is 1. The Morgan fingerprint density at radius 3 is 2.45 bits per heavy atom. The number of aromatic nitrogens is 2. The number of hydrogen-bond donors (Lipinski definition) is 1. The van der Waals surface area contributed by atoms with E-state index in [4.69, 9.17) is 0 Å². The van der Waals surface area contributed by atoms with Crippen molar-refractivity contribution >= 4 is 0 Å². The molecular formula is C13H9F5N2O2. The lowest BCUT2D eigenvalue weighted by Gasteiger charge is -2.14. The van der Waals surface area contributed by atoms with E-state index in [1.54, 1.807) is 0 Å². The first-order valence-electron chi connectivity index (χ1n) is 5.97. The smallest absolute Gasteiger partial charge is 0.386 e. The summed E-state index contributed by atoms with van der Waals surface area (Å²) in [5.74, 6) is -1.95. The van der Waals surface area contributed by atoms with Crippen molar-refractivity contribution in [2.24, 2.45) is 0 Å². The predicted molar refractivity (Wildman–Crippen MR) is 64.8 cm³/mol. The van der Waals surface area contributed by atoms with Gasteiger partial charge in [0.2, 0.25) is 0 Å². The summed E-state index contributed by atoms with van der Waals surface area (Å²) in [4.78, 5) is 11.5. The van der Waals surface area contributed by atoms with Crippen LogP contribution < -0.4 is 5.56 Å². The third kappa shape index (κ3) is 3.48. The van der Waals surface area contributed by atoms with Crippen LogP contribution in [-0.2, 0) is 12.7 Å². The molecule has 1 heterocycles. The standard InChI is InChI=1S/C13H9F5N2O2/c14-7-1-2-8(9(15)5-7)10(21)6-20-12(22)4-3-11(19-20)13(16,17)18/h1-5,10,21H,6H2. The fourth-order valence-corrected chi connectivity index (χ4v) is 1.76. The van der Waals surface area contributed by atoms with Crippen LogP contribution in [0.2, 0.25) is 0 Å². The van der Waals surface area contributed by atoms with Gasteiger partial charge in [-0.3, -0.25) is 4.79 Å². The molecule has 0 aliphatic rings. The molecule has 0 radical (unpaired) electrons. The van der Waals surface area contributed by atoms with Crippen LogP contribution in [0.5, 0.6) is 0 Å². The summed E-state index contributed by atoms with van der Waals surface area (Å²) in [6.07, 6.45) is -6.42. The third-order valence-electron chi connectivity index (χ3n) is 2.82. The minimum atomic E-state index is -4.76. The van der Waals surface area contributed by atoms with Crippen molar-refractivity contribution in [2.45, 2.75) is 18.8 Å². The van der Waals surface area contributed by atoms with Crippen LogP contribution in [0.25, 0.3) is 0 Å². The third-order valence-corrected chi connectivity index (χ3v) is 2.82. The molecule has 1 aromatic carbocycles. The van der Waals surface area contributed by atoms with Gasteiger partial charge in [-0.15, -0.1) is 0 Å². The Balaban J connectivity index is 2.32. The molecule has 0 bridgehead atoms. The Morgan fingerprint density at radius 2 is 1.86 bits per heavy atom. The number of nitrogens with zero attached hydrogens (tertiary/aromatic N) is 2. The molecule has 9 heteroatoms. The first-order valence-corrected chi connectivity index (χ1v) is 5.97. The molecule has 0 amide bonds. The van der Waals surface area contributed by atoms with Gasteiger partial charge in [0.15, 0.2) is 5.69 Å². The van der Waals surface area contributed by atoms with Crippen LogP contribution in [0.3, 0.4) is 0 Å². The van der Waals surface area contributed by atoms with Crippen molar-refractivity contribution in [2.75, 3.05) is 0 Å². The molecular weight excluding hydrogens is 311 g/mol. The van der Waals surface area contributed by atoms with Crippen molar-refractivity contribution in [1.29, 1.82) is 0 Å². The Morgan fingerprint density at radius 1 is 1.18 bits per heavy atom. The van der Waals surface area contributed by atoms with E-state index in [0.717, 1.165) is 12.1 Å². The lowest BCUT2D eigenvalue weighted by atomic mass is 10.1. The molecule has 118 valence electrons. The van der Waals surface area contributed by atoms with Gasteiger partial charge in [0.25, 0.3) is 5.56 Å². The van der Waals surface area contributed by atoms with E-state index in [0.29, 0.717) is 22.9 Å². The van der Waals surface area contributed by atoms with Gasteiger partial charge in [0.1, 0.15) is 17.7 Å². The quantitative estimate of drug-likeness (QED) is 0.883. The zero-order valence-corrected chi connectivity index (χ0v) is 10.8. The van der Waals surface area contributed by atoms with Crippen LogP contribution in [-0.4, -0.2) is 14.9 Å². The van der Waals surface area contributed by atoms with Crippen LogP contribution in [0.4, 0.5) is 22.0 Å². The lowest BCUT2D eigenvalue weighted by Crippen LogP contribution is -2.28. The maximum atomic E-state index is 13.5. The van der Waals surface area contributed by atoms with E-state index in [9.17, 15) is 31.9 Å². The van der Waals surface area contributed by atoms with E-state index in [2.05, 4.69) is 5.10 Å². The van der Waals surface area contributed by atoms with Crippen LogP contribution in [0.1, 0.15) is 17.4 Å². The maximum Gasteiger partial charge on any atom is 0.435 e. The van der Waals surface area contributed by atoms with Gasteiger partial charge in [-0.2, -0.15) is 18.3 Å². The molecule has 0 saturated heterocycles. The molecule has 1 N–H and O–H groups in total. The summed E-state index contributed by atoms with van der Waals surface area (Å²) in [6, 6.07) is 3.48. The number of hydrogen-bond acceptors (Lipinski definition) is 3. The van der Waals surface area contributed by atoms with E-state index in [-0.39, 0.29) is 5.56 Å². The summed E-state index contributed by atoms with van der Waals surface area (Å²) in [5, 5.41) is 12.9. The molecule has 1 aromatic heterocycles. The molecule has 2 rings (SSSR count). The van der Waals surface area contributed by atoms with Gasteiger partial charge in [-0.05, 0) is 12.1 Å². The Kier molecular flexibility index (Phi) is 4.27. The highest BCUT2D eigenvalue weighted by molar-refractivity contribution is 5.20. The monoisotopic (exact) mass is 320 g/mol. The first kappa shape index (κ1) is 16.1. The molecule has 0 aliphatic carbocycles. The highest BCUT2D eigenvalue weighted by Gasteiger charge is 2.33. The number of alkyl halides is 3. The molecule has 1 atom stereocenters. The van der Waals surface area contributed by atoms with Gasteiger partial charge < -0.3 is 5.11 Å². The number of rotatable bonds is 3. The zero-order chi connectivity index (χ0) is 16.5. The molecule has 0 fully saturated rings. The second-order valence-electron chi connectivity index (χ2n) is 4.42. The Bertz CT molecular complexity index is 742. The van der Waals surface area contributed by atoms with E-state index < -0.39 is 41.7 Å². The van der Waals surface area contributed by atoms with Gasteiger partial charge in [0, 0.05) is 17.7 Å². The maximum absolute atomic E-state index is 13.5. The topological polar surface area (TPSA) is 55.1 Å². The van der Waals surface area contributed by atoms with Crippen LogP contribution >= 0.6 is 0 Å². The van der Waals surface area contributed by atoms with Gasteiger partial charge in [0.05, 0.1) is 6.54 Å². The minimum absolute atomic E-state index is 0.354. The largest absolute Gasteiger partial charge is 0.435 e. The van der Waals surface area contributed by atoms with Gasteiger partial charge in [-0.25, -0.2) is 13.5 Å². The van der Waals surface area contributed by atoms with Crippen LogP contribution in [0.15, 0.2) is 35.1 Å². The minimum Gasteiger partial charge on any atom is -0.386 e. The number of halogens is 5. The fourth-order valence-electron chi connectivity index (χ4n) is 1.76. The highest BCUT2D eigenvalue weighted by Crippen LogP contribution is 2.26. The molecule has 22 heavy (non-hydrogen) atoms. The van der Waals surface area contributed by atoms with Crippen molar-refractivity contribution in [3.63, 3.8) is 0 Å². The second kappa shape index (κ2) is 5.84. The Hall–Kier alpha value is -2.29. The average molecular weight is 320 g/mol. The Labute approximate surface area is 120 Å². The first-order chi connectivity index (χ1) is 10.2. The number of benzene rings is 1. The van der Waals surface area contributed by atoms with E-state index in [1.807, 2.05) is 0 Å². The van der Waals surface area contributed by atoms with E-state index >= 15 is 0 Å². The lowest BCUT2D eigenvalue weighted by molar-refractivity contribution is -0.142. The van der Waals surface area contributed by atoms with Crippen molar-refractivity contribution in [3.05, 3.63) is 63.6 Å². The van der Waals surface area contributed by atoms with Gasteiger partial charge in [-0.1, -0.05) is 6.07 Å². The van der Waals surface area contributed by atoms with E-state index in [1.165, 1.54) is 0 Å². The van der Waals surface area contributed by atoms with Crippen molar-refractivity contribution in [3.8, 4) is 0 Å². The summed E-state index contributed by atoms with van der Waals surface area (Å²) in [6.45, 7) is -0.703. The second-order valence-corrected chi connectivity index (χ2v) is 4.42. The molecule has 0 saturated carbocycles. The fraction of sp³-hybridized carbons (Fsp3) is 0.231. The number of aliphatic hydroxyl groups is 1. The summed E-state index contributed by atoms with van der Waals surface area (Å²) in [7, 11) is 0. The summed E-state index contributed by atoms with van der Waals surface area (Å²) >= 11 is 0. The molecule has 4 nitrogen and oxygen atoms in total. The molecule has 2 aromatic rings. The van der Waals surface area contributed by atoms with Gasteiger partial charge >= 0.3 is 6.18 Å². The predicted octanol–water partition coefficient (Wildman–Crippen LogP) is 2.27. The van der Waals surface area contributed by atoms with Crippen molar-refractivity contribution in [1.82, 2.24) is 9.78 Å². The molecule has 0 aliphatic heterocycles. The summed E-state index contributed by atoms with van der Waals surface area (Å²) in [5.41, 5.74) is -2.57. The molecule has 0 spiro atoms.